The molecule has 0 amide bonds. The molecule has 0 aromatic heterocycles. The SMILES string of the molecule is C/C=C(\NS(=O)(=O)c1ccc(OC)cc1)c1ccccc1. The van der Waals surface area contributed by atoms with Crippen LogP contribution >= 0.6 is 0 Å². The lowest BCUT2D eigenvalue weighted by Gasteiger charge is -2.12. The van der Waals surface area contributed by atoms with Crippen molar-refractivity contribution in [3.63, 3.8) is 0 Å². The van der Waals surface area contributed by atoms with Gasteiger partial charge in [-0.1, -0.05) is 36.4 Å². The van der Waals surface area contributed by atoms with Crippen molar-refractivity contribution in [1.29, 1.82) is 0 Å². The Morgan fingerprint density at radius 1 is 1.05 bits per heavy atom. The van der Waals surface area contributed by atoms with Crippen LogP contribution < -0.4 is 9.46 Å². The number of hydrogen-bond acceptors (Lipinski definition) is 3. The lowest BCUT2D eigenvalue weighted by atomic mass is 10.2. The smallest absolute Gasteiger partial charge is 0.261 e. The average Bonchev–Trinajstić information content (AvgIpc) is 2.53. The van der Waals surface area contributed by atoms with E-state index in [1.165, 1.54) is 19.2 Å². The molecule has 2 aromatic rings. The molecule has 0 heterocycles. The molecule has 4 nitrogen and oxygen atoms in total. The minimum atomic E-state index is -3.62. The summed E-state index contributed by atoms with van der Waals surface area (Å²) >= 11 is 0. The molecular weight excluding hydrogens is 286 g/mol. The fourth-order valence-corrected chi connectivity index (χ4v) is 3.00. The van der Waals surface area contributed by atoms with Crippen molar-refractivity contribution < 1.29 is 13.2 Å². The van der Waals surface area contributed by atoms with Crippen LogP contribution in [0, 0.1) is 0 Å². The second kappa shape index (κ2) is 6.45. The Labute approximate surface area is 125 Å². The van der Waals surface area contributed by atoms with E-state index < -0.39 is 10.0 Å². The van der Waals surface area contributed by atoms with Crippen LogP contribution in [0.2, 0.25) is 0 Å². The van der Waals surface area contributed by atoms with Gasteiger partial charge in [-0.15, -0.1) is 0 Å². The molecule has 0 saturated heterocycles. The van der Waals surface area contributed by atoms with E-state index in [2.05, 4.69) is 4.72 Å². The van der Waals surface area contributed by atoms with Gasteiger partial charge in [0.15, 0.2) is 0 Å². The third-order valence-corrected chi connectivity index (χ3v) is 4.37. The van der Waals surface area contributed by atoms with Crippen molar-refractivity contribution in [2.24, 2.45) is 0 Å². The number of hydrogen-bond donors (Lipinski definition) is 1. The predicted octanol–water partition coefficient (Wildman–Crippen LogP) is 3.03. The minimum Gasteiger partial charge on any atom is -0.497 e. The van der Waals surface area contributed by atoms with Crippen LogP contribution in [0.1, 0.15) is 12.5 Å². The van der Waals surface area contributed by atoms with Crippen molar-refractivity contribution in [3.05, 3.63) is 66.2 Å². The van der Waals surface area contributed by atoms with Crippen molar-refractivity contribution in [2.45, 2.75) is 11.8 Å². The maximum atomic E-state index is 12.4. The molecule has 0 unspecified atom stereocenters. The number of ether oxygens (including phenoxy) is 1. The van der Waals surface area contributed by atoms with E-state index in [0.29, 0.717) is 11.4 Å². The van der Waals surface area contributed by atoms with Crippen molar-refractivity contribution >= 4 is 15.7 Å². The highest BCUT2D eigenvalue weighted by Gasteiger charge is 2.15. The van der Waals surface area contributed by atoms with Crippen molar-refractivity contribution in [3.8, 4) is 5.75 Å². The van der Waals surface area contributed by atoms with E-state index in [4.69, 9.17) is 4.74 Å². The highest BCUT2D eigenvalue weighted by Crippen LogP contribution is 2.18. The van der Waals surface area contributed by atoms with Crippen LogP contribution in [-0.4, -0.2) is 15.5 Å². The summed E-state index contributed by atoms with van der Waals surface area (Å²) in [6.45, 7) is 1.79. The number of sulfonamides is 1. The second-order valence-electron chi connectivity index (χ2n) is 4.35. The molecule has 0 atom stereocenters. The molecule has 0 radical (unpaired) electrons. The third kappa shape index (κ3) is 3.64. The lowest BCUT2D eigenvalue weighted by Crippen LogP contribution is -2.22. The van der Waals surface area contributed by atoms with Gasteiger partial charge in [0, 0.05) is 0 Å². The highest BCUT2D eigenvalue weighted by atomic mass is 32.2. The van der Waals surface area contributed by atoms with Gasteiger partial charge in [0.05, 0.1) is 17.7 Å². The quantitative estimate of drug-likeness (QED) is 0.923. The van der Waals surface area contributed by atoms with E-state index in [1.54, 1.807) is 25.1 Å². The predicted molar refractivity (Wildman–Crippen MR) is 83.4 cm³/mol. The molecule has 110 valence electrons. The molecule has 0 spiro atoms. The molecule has 2 rings (SSSR count). The van der Waals surface area contributed by atoms with Crippen LogP contribution in [0.5, 0.6) is 5.75 Å². The lowest BCUT2D eigenvalue weighted by molar-refractivity contribution is 0.414. The Morgan fingerprint density at radius 3 is 2.19 bits per heavy atom. The molecule has 0 fully saturated rings. The summed E-state index contributed by atoms with van der Waals surface area (Å²) in [4.78, 5) is 0.193. The van der Waals surface area contributed by atoms with Crippen molar-refractivity contribution in [2.75, 3.05) is 7.11 Å². The van der Waals surface area contributed by atoms with Gasteiger partial charge >= 0.3 is 0 Å². The van der Waals surface area contributed by atoms with Gasteiger partial charge in [0.25, 0.3) is 10.0 Å². The van der Waals surface area contributed by atoms with E-state index in [0.717, 1.165) is 5.56 Å². The minimum absolute atomic E-state index is 0.193. The first-order chi connectivity index (χ1) is 10.1. The molecule has 5 heteroatoms. The van der Waals surface area contributed by atoms with Gasteiger partial charge in [0.2, 0.25) is 0 Å². The Balaban J connectivity index is 2.27. The van der Waals surface area contributed by atoms with Crippen LogP contribution in [0.3, 0.4) is 0 Å². The van der Waals surface area contributed by atoms with E-state index in [9.17, 15) is 8.42 Å². The van der Waals surface area contributed by atoms with Gasteiger partial charge in [-0.3, -0.25) is 4.72 Å². The van der Waals surface area contributed by atoms with Crippen LogP contribution in [0.4, 0.5) is 0 Å². The van der Waals surface area contributed by atoms with E-state index >= 15 is 0 Å². The summed E-state index contributed by atoms with van der Waals surface area (Å²) in [5.74, 6) is 0.614. The number of benzene rings is 2. The molecule has 21 heavy (non-hydrogen) atoms. The van der Waals surface area contributed by atoms with Crippen LogP contribution in [0.15, 0.2) is 65.6 Å². The van der Waals surface area contributed by atoms with Gasteiger partial charge in [0.1, 0.15) is 5.75 Å². The standard InChI is InChI=1S/C16H17NO3S/c1-3-16(13-7-5-4-6-8-13)17-21(18,19)15-11-9-14(20-2)10-12-15/h3-12,17H,1-2H3/b16-3-. The maximum absolute atomic E-state index is 12.4. The summed E-state index contributed by atoms with van der Waals surface area (Å²) in [7, 11) is -2.08. The maximum Gasteiger partial charge on any atom is 0.261 e. The molecule has 0 saturated carbocycles. The number of allylic oxidation sites excluding steroid dienone is 1. The number of rotatable bonds is 5. The molecule has 0 aliphatic rings. The summed E-state index contributed by atoms with van der Waals surface area (Å²) < 4.78 is 32.4. The van der Waals surface area contributed by atoms with Gasteiger partial charge in [-0.05, 0) is 36.8 Å². The number of nitrogens with one attached hydrogen (secondary N) is 1. The zero-order valence-corrected chi connectivity index (χ0v) is 12.7. The Kier molecular flexibility index (Phi) is 4.65. The average molecular weight is 303 g/mol. The first kappa shape index (κ1) is 15.1. The van der Waals surface area contributed by atoms with Crippen LogP contribution in [-0.2, 0) is 10.0 Å². The van der Waals surface area contributed by atoms with Gasteiger partial charge in [-0.2, -0.15) is 0 Å². The van der Waals surface area contributed by atoms with Crippen molar-refractivity contribution in [1.82, 2.24) is 4.72 Å². The normalized spacial score (nSPS) is 12.0. The van der Waals surface area contributed by atoms with Gasteiger partial charge < -0.3 is 4.74 Å². The Hall–Kier alpha value is -2.27. The first-order valence-electron chi connectivity index (χ1n) is 6.45. The second-order valence-corrected chi connectivity index (χ2v) is 6.03. The molecule has 2 aromatic carbocycles. The summed E-state index contributed by atoms with van der Waals surface area (Å²) in [6.07, 6.45) is 1.73. The monoisotopic (exact) mass is 303 g/mol. The van der Waals surface area contributed by atoms with Crippen LogP contribution in [0.25, 0.3) is 5.70 Å². The highest BCUT2D eigenvalue weighted by molar-refractivity contribution is 7.89. The topological polar surface area (TPSA) is 55.4 Å². The molecule has 0 bridgehead atoms. The fourth-order valence-electron chi connectivity index (χ4n) is 1.86. The van der Waals surface area contributed by atoms with E-state index in [-0.39, 0.29) is 4.90 Å². The van der Waals surface area contributed by atoms with Gasteiger partial charge in [-0.25, -0.2) is 8.42 Å². The number of methoxy groups -OCH3 is 1. The summed E-state index contributed by atoms with van der Waals surface area (Å²) in [5.41, 5.74) is 1.36. The first-order valence-corrected chi connectivity index (χ1v) is 7.94. The summed E-state index contributed by atoms with van der Waals surface area (Å²) in [6, 6.07) is 15.6. The molecule has 1 N–H and O–H groups in total. The third-order valence-electron chi connectivity index (χ3n) is 2.99. The zero-order chi connectivity index (χ0) is 15.3. The fraction of sp³-hybridized carbons (Fsp3) is 0.125. The Bertz CT molecular complexity index is 720. The largest absolute Gasteiger partial charge is 0.497 e. The summed E-state index contributed by atoms with van der Waals surface area (Å²) in [5, 5.41) is 0. The molecular formula is C16H17NO3S. The zero-order valence-electron chi connectivity index (χ0n) is 11.9. The van der Waals surface area contributed by atoms with E-state index in [1.807, 2.05) is 30.3 Å². The Morgan fingerprint density at radius 2 is 1.67 bits per heavy atom. The molecule has 0 aliphatic carbocycles. The molecule has 0 aliphatic heterocycles.